The summed E-state index contributed by atoms with van der Waals surface area (Å²) in [4.78, 5) is 73.3. The number of carbonyl (C=O) groups is 4. The summed E-state index contributed by atoms with van der Waals surface area (Å²) >= 11 is 0. The molecule has 630 valence electrons. The third-order valence-corrected chi connectivity index (χ3v) is 23.0. The number of unbranched alkanes of at least 4 members (excludes halogenated alkanes) is 51. The molecule has 0 aromatic heterocycles. The van der Waals surface area contributed by atoms with E-state index in [1.807, 2.05) is 0 Å². The number of hydrogen-bond donors (Lipinski definition) is 3. The SMILES string of the molecule is CCCCCCCCCCCCCC(=O)OC[C@H](COP(=O)(O)OC[C@H](O)COP(=O)(O)OC[C@@H](COC(=O)CCCCCCCCCCCCCCCCC(C)CC)OC(=O)CCCCCCCCCCCCCCCCCCC(C)C)OC(=O)CCCCCCCCCCCCCCCCC(C)CC. The van der Waals surface area contributed by atoms with Crippen LogP contribution in [0.25, 0.3) is 0 Å². The van der Waals surface area contributed by atoms with Gasteiger partial charge in [0.15, 0.2) is 12.2 Å². The molecule has 0 rings (SSSR count). The first-order valence-corrected chi connectivity index (χ1v) is 47.9. The van der Waals surface area contributed by atoms with E-state index in [1.54, 1.807) is 0 Å². The monoisotopic (exact) mass is 1550 g/mol. The molecule has 0 fully saturated rings. The summed E-state index contributed by atoms with van der Waals surface area (Å²) < 4.78 is 69.0. The topological polar surface area (TPSA) is 237 Å². The van der Waals surface area contributed by atoms with Crippen molar-refractivity contribution in [2.24, 2.45) is 17.8 Å². The number of hydrogen-bond acceptors (Lipinski definition) is 15. The number of phosphoric acid groups is 2. The van der Waals surface area contributed by atoms with Gasteiger partial charge in [-0.15, -0.1) is 0 Å². The summed E-state index contributed by atoms with van der Waals surface area (Å²) in [5, 5.41) is 10.7. The molecule has 0 aromatic carbocycles. The van der Waals surface area contributed by atoms with Crippen LogP contribution in [-0.4, -0.2) is 96.7 Å². The van der Waals surface area contributed by atoms with Gasteiger partial charge in [-0.2, -0.15) is 0 Å². The number of ether oxygens (including phenoxy) is 4. The summed E-state index contributed by atoms with van der Waals surface area (Å²) in [6, 6.07) is 0. The number of phosphoric ester groups is 2. The zero-order valence-electron chi connectivity index (χ0n) is 69.9. The molecule has 17 nitrogen and oxygen atoms in total. The van der Waals surface area contributed by atoms with Crippen LogP contribution >= 0.6 is 15.6 Å². The van der Waals surface area contributed by atoms with E-state index in [0.29, 0.717) is 25.7 Å². The van der Waals surface area contributed by atoms with Gasteiger partial charge in [0.1, 0.15) is 19.3 Å². The molecule has 0 aromatic rings. The summed E-state index contributed by atoms with van der Waals surface area (Å²) in [7, 11) is -9.93. The van der Waals surface area contributed by atoms with Crippen LogP contribution in [0.2, 0.25) is 0 Å². The number of rotatable bonds is 85. The smallest absolute Gasteiger partial charge is 0.462 e. The third kappa shape index (κ3) is 77.4. The van der Waals surface area contributed by atoms with E-state index in [4.69, 9.17) is 37.0 Å². The Morgan fingerprint density at radius 1 is 0.274 bits per heavy atom. The van der Waals surface area contributed by atoms with Gasteiger partial charge in [-0.3, -0.25) is 37.3 Å². The van der Waals surface area contributed by atoms with Crippen molar-refractivity contribution in [1.82, 2.24) is 0 Å². The fraction of sp³-hybridized carbons (Fsp3) is 0.954. The van der Waals surface area contributed by atoms with Gasteiger partial charge in [-0.25, -0.2) is 9.13 Å². The maximum absolute atomic E-state index is 13.2. The molecule has 0 saturated carbocycles. The molecule has 0 aliphatic carbocycles. The highest BCUT2D eigenvalue weighted by molar-refractivity contribution is 7.47. The minimum atomic E-state index is -4.97. The van der Waals surface area contributed by atoms with Crippen LogP contribution in [0.5, 0.6) is 0 Å². The predicted molar refractivity (Wildman–Crippen MR) is 437 cm³/mol. The van der Waals surface area contributed by atoms with Crippen LogP contribution in [0.3, 0.4) is 0 Å². The lowest BCUT2D eigenvalue weighted by Crippen LogP contribution is -2.30. The van der Waals surface area contributed by atoms with Gasteiger partial charge in [0.25, 0.3) is 0 Å². The van der Waals surface area contributed by atoms with E-state index in [0.717, 1.165) is 108 Å². The number of aliphatic hydroxyl groups excluding tert-OH is 1. The average molecular weight is 1550 g/mol. The highest BCUT2D eigenvalue weighted by Crippen LogP contribution is 2.45. The Kier molecular flexibility index (Phi) is 75.6. The van der Waals surface area contributed by atoms with E-state index in [2.05, 4.69) is 48.5 Å². The van der Waals surface area contributed by atoms with Gasteiger partial charge in [0, 0.05) is 25.7 Å². The lowest BCUT2D eigenvalue weighted by molar-refractivity contribution is -0.161. The maximum atomic E-state index is 13.2. The highest BCUT2D eigenvalue weighted by atomic mass is 31.2. The van der Waals surface area contributed by atoms with Gasteiger partial charge in [-0.05, 0) is 43.4 Å². The first kappa shape index (κ1) is 104. The molecule has 0 bridgehead atoms. The largest absolute Gasteiger partial charge is 0.472 e. The van der Waals surface area contributed by atoms with Gasteiger partial charge in [0.05, 0.1) is 26.4 Å². The normalized spacial score (nSPS) is 14.4. The van der Waals surface area contributed by atoms with Crippen molar-refractivity contribution in [3.05, 3.63) is 0 Å². The Bertz CT molecular complexity index is 2050. The Morgan fingerprint density at radius 2 is 0.481 bits per heavy atom. The second-order valence-corrected chi connectivity index (χ2v) is 35.1. The summed E-state index contributed by atoms with van der Waals surface area (Å²) in [5.74, 6) is 0.404. The van der Waals surface area contributed by atoms with E-state index in [9.17, 15) is 43.2 Å². The molecular formula is C87H170O17P2. The molecule has 0 amide bonds. The third-order valence-electron chi connectivity index (χ3n) is 21.1. The second-order valence-electron chi connectivity index (χ2n) is 32.2. The van der Waals surface area contributed by atoms with Gasteiger partial charge < -0.3 is 33.8 Å². The lowest BCUT2D eigenvalue weighted by atomic mass is 9.99. The van der Waals surface area contributed by atoms with E-state index < -0.39 is 97.5 Å². The van der Waals surface area contributed by atoms with E-state index in [1.165, 1.54) is 270 Å². The second kappa shape index (κ2) is 77.0. The van der Waals surface area contributed by atoms with Crippen molar-refractivity contribution < 1.29 is 80.2 Å². The molecule has 19 heteroatoms. The summed E-state index contributed by atoms with van der Waals surface area (Å²) in [6.07, 6.45) is 67.8. The number of esters is 4. The standard InChI is InChI=1S/C87H170O17P2/c1-8-11-12-13-14-15-30-40-47-54-61-68-84(89)97-74-82(103-87(92)71-64-57-50-43-36-29-23-21-26-33-39-46-53-60-67-80(7)10-3)76-101-105(93,94)99-72-81(88)73-100-106(95,96)102-77-83(75-98-85(90)69-62-55-48-41-34-27-22-20-25-32-38-45-52-59-66-79(6)9-2)104-86(91)70-63-56-49-42-35-28-19-17-16-18-24-31-37-44-51-58-65-78(4)5/h78-83,88H,8-77H2,1-7H3,(H,93,94)(H,95,96)/t79?,80?,81-,82+,83+/m0/s1. The molecule has 106 heavy (non-hydrogen) atoms. The van der Waals surface area contributed by atoms with Crippen LogP contribution in [0.15, 0.2) is 0 Å². The van der Waals surface area contributed by atoms with Crippen LogP contribution in [0.4, 0.5) is 0 Å². The van der Waals surface area contributed by atoms with Crippen molar-refractivity contribution in [2.75, 3.05) is 39.6 Å². The van der Waals surface area contributed by atoms with Gasteiger partial charge in [0.2, 0.25) is 0 Å². The molecule has 0 saturated heterocycles. The Hall–Kier alpha value is -1.94. The zero-order valence-corrected chi connectivity index (χ0v) is 71.7. The lowest BCUT2D eigenvalue weighted by Gasteiger charge is -2.21. The molecular weight excluding hydrogens is 1380 g/mol. The fourth-order valence-corrected chi connectivity index (χ4v) is 15.1. The molecule has 0 spiro atoms. The molecule has 3 N–H and O–H groups in total. The highest BCUT2D eigenvalue weighted by Gasteiger charge is 2.31. The summed E-state index contributed by atoms with van der Waals surface area (Å²) in [5.41, 5.74) is 0. The Labute approximate surface area is 651 Å². The number of carbonyl (C=O) groups excluding carboxylic acids is 4. The van der Waals surface area contributed by atoms with Crippen molar-refractivity contribution >= 4 is 39.5 Å². The number of aliphatic hydroxyl groups is 1. The van der Waals surface area contributed by atoms with E-state index >= 15 is 0 Å². The quantitative estimate of drug-likeness (QED) is 0.0222. The molecule has 0 radical (unpaired) electrons. The first-order valence-electron chi connectivity index (χ1n) is 44.9. The maximum Gasteiger partial charge on any atom is 0.472 e. The van der Waals surface area contributed by atoms with Crippen LogP contribution in [-0.2, 0) is 65.4 Å². The van der Waals surface area contributed by atoms with Crippen molar-refractivity contribution in [3.8, 4) is 0 Å². The average Bonchev–Trinajstić information content (AvgIpc) is 0.901. The van der Waals surface area contributed by atoms with Crippen molar-refractivity contribution in [2.45, 2.75) is 478 Å². The zero-order chi connectivity index (χ0) is 77.9. The van der Waals surface area contributed by atoms with Crippen molar-refractivity contribution in [1.29, 1.82) is 0 Å². The molecule has 0 aliphatic rings. The van der Waals surface area contributed by atoms with Crippen LogP contribution in [0, 0.1) is 17.8 Å². The van der Waals surface area contributed by atoms with Gasteiger partial charge in [-0.1, -0.05) is 408 Å². The van der Waals surface area contributed by atoms with Gasteiger partial charge >= 0.3 is 39.5 Å². The fourth-order valence-electron chi connectivity index (χ4n) is 13.5. The van der Waals surface area contributed by atoms with Crippen LogP contribution in [0.1, 0.15) is 459 Å². The minimum absolute atomic E-state index is 0.108. The van der Waals surface area contributed by atoms with Crippen molar-refractivity contribution in [3.63, 3.8) is 0 Å². The minimum Gasteiger partial charge on any atom is -0.462 e. The van der Waals surface area contributed by atoms with Crippen LogP contribution < -0.4 is 0 Å². The van der Waals surface area contributed by atoms with E-state index in [-0.39, 0.29) is 25.7 Å². The Balaban J connectivity index is 5.25. The Morgan fingerprint density at radius 3 is 0.717 bits per heavy atom. The first-order chi connectivity index (χ1) is 51.3. The molecule has 0 aliphatic heterocycles. The summed E-state index contributed by atoms with van der Waals surface area (Å²) in [6.45, 7) is 12.1. The molecule has 4 unspecified atom stereocenters. The molecule has 7 atom stereocenters. The predicted octanol–water partition coefficient (Wildman–Crippen LogP) is 26.5. The molecule has 0 heterocycles.